The largest absolute Gasteiger partial charge is 0.497 e. The lowest BCUT2D eigenvalue weighted by Crippen LogP contribution is -2.25. The topological polar surface area (TPSA) is 98.3 Å². The van der Waals surface area contributed by atoms with Gasteiger partial charge in [0.1, 0.15) is 17.3 Å². The lowest BCUT2D eigenvalue weighted by Gasteiger charge is -2.19. The number of carbonyl (C=O) groups is 1. The fourth-order valence-electron chi connectivity index (χ4n) is 3.24. The Morgan fingerprint density at radius 2 is 2.07 bits per heavy atom. The molecule has 2 aromatic carbocycles. The summed E-state index contributed by atoms with van der Waals surface area (Å²) in [6, 6.07) is 14.9. The highest BCUT2D eigenvalue weighted by molar-refractivity contribution is 5.96. The van der Waals surface area contributed by atoms with Gasteiger partial charge in [-0.05, 0) is 42.5 Å². The molecule has 0 aliphatic carbocycles. The molecule has 8 nitrogen and oxygen atoms in total. The monoisotopic (exact) mass is 399 g/mol. The molecule has 1 amide bonds. The number of hydrogen-bond donors (Lipinski definition) is 2. The second-order valence-corrected chi connectivity index (χ2v) is 6.69. The molecule has 1 aliphatic rings. The minimum absolute atomic E-state index is 0.00472. The molecule has 0 saturated heterocycles. The van der Waals surface area contributed by atoms with Crippen LogP contribution in [0.2, 0.25) is 0 Å². The maximum Gasteiger partial charge on any atom is 0.262 e. The number of carbonyl (C=O) groups excluding carboxylic acids is 1. The van der Waals surface area contributed by atoms with Crippen molar-refractivity contribution >= 4 is 34.0 Å². The molecular formula is C22H17N5O3. The van der Waals surface area contributed by atoms with Crippen LogP contribution in [0.5, 0.6) is 11.5 Å². The van der Waals surface area contributed by atoms with E-state index in [4.69, 9.17) is 14.5 Å². The fraction of sp³-hybridized carbons (Fsp3) is 0.0909. The van der Waals surface area contributed by atoms with Crippen molar-refractivity contribution in [2.75, 3.05) is 24.4 Å². The van der Waals surface area contributed by atoms with Gasteiger partial charge in [-0.25, -0.2) is 9.97 Å². The van der Waals surface area contributed by atoms with Crippen LogP contribution >= 0.6 is 0 Å². The maximum absolute atomic E-state index is 11.5. The van der Waals surface area contributed by atoms with Gasteiger partial charge in [-0.1, -0.05) is 0 Å². The lowest BCUT2D eigenvalue weighted by molar-refractivity contribution is -0.118. The quantitative estimate of drug-likeness (QED) is 0.539. The van der Waals surface area contributed by atoms with E-state index in [1.807, 2.05) is 42.5 Å². The Hall–Kier alpha value is -4.20. The van der Waals surface area contributed by atoms with Crippen molar-refractivity contribution in [3.05, 3.63) is 60.9 Å². The summed E-state index contributed by atoms with van der Waals surface area (Å²) in [5.74, 6) is 2.32. The van der Waals surface area contributed by atoms with Gasteiger partial charge in [0.15, 0.2) is 12.4 Å². The van der Waals surface area contributed by atoms with Gasteiger partial charge >= 0.3 is 0 Å². The molecular weight excluding hydrogens is 382 g/mol. The number of rotatable bonds is 4. The minimum atomic E-state index is -0.168. The fourth-order valence-corrected chi connectivity index (χ4v) is 3.24. The molecule has 0 unspecified atom stereocenters. The maximum atomic E-state index is 11.5. The number of aromatic nitrogens is 3. The molecule has 0 fully saturated rings. The van der Waals surface area contributed by atoms with E-state index in [2.05, 4.69) is 20.6 Å². The van der Waals surface area contributed by atoms with E-state index in [0.717, 1.165) is 22.2 Å². The highest BCUT2D eigenvalue weighted by atomic mass is 16.5. The summed E-state index contributed by atoms with van der Waals surface area (Å²) >= 11 is 0. The summed E-state index contributed by atoms with van der Waals surface area (Å²) in [7, 11) is 1.62. The number of hydrogen-bond acceptors (Lipinski definition) is 7. The second-order valence-electron chi connectivity index (χ2n) is 6.69. The summed E-state index contributed by atoms with van der Waals surface area (Å²) in [6.07, 6.45) is 3.43. The average Bonchev–Trinajstić information content (AvgIpc) is 2.79. The van der Waals surface area contributed by atoms with Crippen LogP contribution in [-0.4, -0.2) is 34.6 Å². The SMILES string of the molecule is COc1ccc2nc(-c3cccnc3)nc(Nc3ccc4c(c3)OCC(=O)N4)c2c1. The zero-order valence-electron chi connectivity index (χ0n) is 16.0. The summed E-state index contributed by atoms with van der Waals surface area (Å²) in [5.41, 5.74) is 3.00. The number of benzene rings is 2. The first kappa shape index (κ1) is 17.9. The van der Waals surface area contributed by atoms with Gasteiger partial charge in [0.25, 0.3) is 5.91 Å². The molecule has 30 heavy (non-hydrogen) atoms. The van der Waals surface area contributed by atoms with Crippen molar-refractivity contribution in [1.82, 2.24) is 15.0 Å². The predicted octanol–water partition coefficient (Wildman–Crippen LogP) is 3.77. The molecule has 4 aromatic rings. The van der Waals surface area contributed by atoms with E-state index in [1.54, 1.807) is 25.6 Å². The van der Waals surface area contributed by atoms with E-state index in [-0.39, 0.29) is 12.5 Å². The van der Waals surface area contributed by atoms with E-state index < -0.39 is 0 Å². The first-order valence-electron chi connectivity index (χ1n) is 9.29. The van der Waals surface area contributed by atoms with Gasteiger partial charge in [-0.2, -0.15) is 0 Å². The molecule has 0 radical (unpaired) electrons. The minimum Gasteiger partial charge on any atom is -0.497 e. The van der Waals surface area contributed by atoms with Crippen LogP contribution in [0.25, 0.3) is 22.3 Å². The smallest absolute Gasteiger partial charge is 0.262 e. The van der Waals surface area contributed by atoms with Gasteiger partial charge < -0.3 is 20.1 Å². The number of amides is 1. The Labute approximate surface area is 171 Å². The van der Waals surface area contributed by atoms with Crippen LogP contribution in [0.1, 0.15) is 0 Å². The Balaban J connectivity index is 1.60. The van der Waals surface area contributed by atoms with Gasteiger partial charge in [0.05, 0.1) is 18.3 Å². The summed E-state index contributed by atoms with van der Waals surface area (Å²) in [5, 5.41) is 6.95. The first-order chi connectivity index (χ1) is 14.7. The van der Waals surface area contributed by atoms with Crippen LogP contribution in [0.3, 0.4) is 0 Å². The van der Waals surface area contributed by atoms with Crippen LogP contribution in [0.4, 0.5) is 17.2 Å². The van der Waals surface area contributed by atoms with Crippen molar-refractivity contribution in [1.29, 1.82) is 0 Å². The third-order valence-electron chi connectivity index (χ3n) is 4.70. The molecule has 0 saturated carbocycles. The molecule has 148 valence electrons. The number of pyridine rings is 1. The summed E-state index contributed by atoms with van der Waals surface area (Å²) in [4.78, 5) is 25.1. The third-order valence-corrected chi connectivity index (χ3v) is 4.70. The Bertz CT molecular complexity index is 1260. The van der Waals surface area contributed by atoms with E-state index in [1.165, 1.54) is 0 Å². The normalized spacial score (nSPS) is 12.6. The zero-order chi connectivity index (χ0) is 20.5. The Morgan fingerprint density at radius 1 is 1.13 bits per heavy atom. The number of fused-ring (bicyclic) bond motifs is 2. The highest BCUT2D eigenvalue weighted by Crippen LogP contribution is 2.34. The van der Waals surface area contributed by atoms with Gasteiger partial charge in [0, 0.05) is 35.1 Å². The van der Waals surface area contributed by atoms with Crippen molar-refractivity contribution in [2.45, 2.75) is 0 Å². The number of ether oxygens (including phenoxy) is 2. The van der Waals surface area contributed by atoms with Crippen LogP contribution in [0.15, 0.2) is 60.9 Å². The standard InChI is InChI=1S/C22H17N5O3/c1-29-15-5-7-17-16(10-15)22(27-21(26-17)13-3-2-8-23-11-13)24-14-4-6-18-19(9-14)30-12-20(28)25-18/h2-11H,12H2,1H3,(H,25,28)(H,24,26,27). The van der Waals surface area contributed by atoms with E-state index in [0.29, 0.717) is 28.8 Å². The molecule has 8 heteroatoms. The number of anilines is 3. The summed E-state index contributed by atoms with van der Waals surface area (Å²) in [6.45, 7) is -0.00472. The average molecular weight is 399 g/mol. The zero-order valence-corrected chi connectivity index (χ0v) is 16.0. The molecule has 0 atom stereocenters. The molecule has 3 heterocycles. The number of methoxy groups -OCH3 is 1. The number of nitrogens with zero attached hydrogens (tertiary/aromatic N) is 3. The van der Waals surface area contributed by atoms with Gasteiger partial charge in [-0.3, -0.25) is 9.78 Å². The van der Waals surface area contributed by atoms with Crippen molar-refractivity contribution in [3.8, 4) is 22.9 Å². The second kappa shape index (κ2) is 7.32. The van der Waals surface area contributed by atoms with E-state index in [9.17, 15) is 4.79 Å². The Kier molecular flexibility index (Phi) is 4.36. The molecule has 0 bridgehead atoms. The van der Waals surface area contributed by atoms with Crippen LogP contribution in [0, 0.1) is 0 Å². The van der Waals surface area contributed by atoms with Gasteiger partial charge in [-0.15, -0.1) is 0 Å². The summed E-state index contributed by atoms with van der Waals surface area (Å²) < 4.78 is 10.9. The molecule has 2 aromatic heterocycles. The molecule has 5 rings (SSSR count). The predicted molar refractivity (Wildman–Crippen MR) is 113 cm³/mol. The van der Waals surface area contributed by atoms with Crippen LogP contribution in [-0.2, 0) is 4.79 Å². The lowest BCUT2D eigenvalue weighted by atomic mass is 10.2. The first-order valence-corrected chi connectivity index (χ1v) is 9.29. The van der Waals surface area contributed by atoms with Crippen molar-refractivity contribution in [2.24, 2.45) is 0 Å². The third kappa shape index (κ3) is 3.35. The van der Waals surface area contributed by atoms with E-state index >= 15 is 0 Å². The highest BCUT2D eigenvalue weighted by Gasteiger charge is 2.17. The van der Waals surface area contributed by atoms with Crippen molar-refractivity contribution < 1.29 is 14.3 Å². The van der Waals surface area contributed by atoms with Crippen LogP contribution < -0.4 is 20.1 Å². The Morgan fingerprint density at radius 3 is 2.90 bits per heavy atom. The van der Waals surface area contributed by atoms with Crippen molar-refractivity contribution in [3.63, 3.8) is 0 Å². The molecule has 0 spiro atoms. The van der Waals surface area contributed by atoms with Gasteiger partial charge in [0.2, 0.25) is 0 Å². The molecule has 2 N–H and O–H groups in total. The number of nitrogens with one attached hydrogen (secondary N) is 2. The molecule has 1 aliphatic heterocycles.